The Morgan fingerprint density at radius 1 is 0.960 bits per heavy atom. The number of hydrogen-bond donors (Lipinski definition) is 0. The first-order valence-electron chi connectivity index (χ1n) is 8.67. The highest BCUT2D eigenvalue weighted by atomic mass is 16.6. The average molecular weight is 340 g/mol. The van der Waals surface area contributed by atoms with E-state index in [1.807, 2.05) is 32.0 Å². The zero-order valence-electron chi connectivity index (χ0n) is 14.7. The van der Waals surface area contributed by atoms with E-state index < -0.39 is 18.0 Å². The minimum Gasteiger partial charge on any atom is -0.463 e. The average Bonchev–Trinajstić information content (AvgIpc) is 2.66. The van der Waals surface area contributed by atoms with Crippen molar-refractivity contribution in [3.8, 4) is 0 Å². The van der Waals surface area contributed by atoms with Crippen LogP contribution in [0.3, 0.4) is 0 Å². The summed E-state index contributed by atoms with van der Waals surface area (Å²) in [4.78, 5) is 25.1. The zero-order chi connectivity index (χ0) is 18.1. The van der Waals surface area contributed by atoms with Gasteiger partial charge in [0.05, 0.1) is 12.2 Å². The van der Waals surface area contributed by atoms with Crippen molar-refractivity contribution in [2.75, 3.05) is 6.61 Å². The van der Waals surface area contributed by atoms with Gasteiger partial charge in [-0.05, 0) is 24.5 Å². The van der Waals surface area contributed by atoms with Gasteiger partial charge in [-0.2, -0.15) is 0 Å². The van der Waals surface area contributed by atoms with Gasteiger partial charge in [0.2, 0.25) is 6.10 Å². The summed E-state index contributed by atoms with van der Waals surface area (Å²) in [6.07, 6.45) is 1.35. The standard InChI is InChI=1S/C21H24O4/c1-3-5-15-24-21(23)19(17-12-7-6-8-13-17)25-20(22)18-14-10-9-11-16(18)4-2/h6-14,19H,3-5,15H2,1-2H3. The molecule has 2 aromatic rings. The molecule has 4 nitrogen and oxygen atoms in total. The molecule has 4 heteroatoms. The van der Waals surface area contributed by atoms with Crippen molar-refractivity contribution in [3.05, 3.63) is 71.3 Å². The molecule has 0 aliphatic carbocycles. The van der Waals surface area contributed by atoms with E-state index >= 15 is 0 Å². The summed E-state index contributed by atoms with van der Waals surface area (Å²) >= 11 is 0. The van der Waals surface area contributed by atoms with Gasteiger partial charge in [0.15, 0.2) is 0 Å². The summed E-state index contributed by atoms with van der Waals surface area (Å²) in [6.45, 7) is 4.31. The summed E-state index contributed by atoms with van der Waals surface area (Å²) in [5, 5.41) is 0. The minimum atomic E-state index is -1.06. The summed E-state index contributed by atoms with van der Waals surface area (Å²) in [5.74, 6) is -1.05. The molecule has 0 aliphatic rings. The number of ether oxygens (including phenoxy) is 2. The number of esters is 2. The van der Waals surface area contributed by atoms with Crippen LogP contribution in [0.1, 0.15) is 54.3 Å². The summed E-state index contributed by atoms with van der Waals surface area (Å²) in [5.41, 5.74) is 1.97. The Labute approximate surface area is 148 Å². The number of carbonyl (C=O) groups excluding carboxylic acids is 2. The monoisotopic (exact) mass is 340 g/mol. The van der Waals surface area contributed by atoms with Crippen molar-refractivity contribution >= 4 is 11.9 Å². The summed E-state index contributed by atoms with van der Waals surface area (Å²) in [6, 6.07) is 16.2. The van der Waals surface area contributed by atoms with Crippen LogP contribution < -0.4 is 0 Å². The van der Waals surface area contributed by atoms with Crippen LogP contribution in [0.5, 0.6) is 0 Å². The Morgan fingerprint density at radius 2 is 1.64 bits per heavy atom. The van der Waals surface area contributed by atoms with E-state index in [1.54, 1.807) is 36.4 Å². The molecule has 0 spiro atoms. The van der Waals surface area contributed by atoms with Crippen LogP contribution in [0.15, 0.2) is 54.6 Å². The van der Waals surface area contributed by atoms with Gasteiger partial charge in [-0.1, -0.05) is 68.8 Å². The highest BCUT2D eigenvalue weighted by Gasteiger charge is 2.27. The fraction of sp³-hybridized carbons (Fsp3) is 0.333. The minimum absolute atomic E-state index is 0.321. The quantitative estimate of drug-likeness (QED) is 0.525. The molecule has 0 aromatic heterocycles. The molecule has 0 saturated heterocycles. The van der Waals surface area contributed by atoms with Crippen LogP contribution in [0, 0.1) is 0 Å². The lowest BCUT2D eigenvalue weighted by Gasteiger charge is -2.18. The molecule has 2 rings (SSSR count). The number of hydrogen-bond acceptors (Lipinski definition) is 4. The molecular weight excluding hydrogens is 316 g/mol. The van der Waals surface area contributed by atoms with Gasteiger partial charge >= 0.3 is 11.9 Å². The van der Waals surface area contributed by atoms with E-state index in [2.05, 4.69) is 0 Å². The van der Waals surface area contributed by atoms with Crippen molar-refractivity contribution < 1.29 is 19.1 Å². The predicted molar refractivity (Wildman–Crippen MR) is 96.3 cm³/mol. The van der Waals surface area contributed by atoms with Crippen LogP contribution in [0.25, 0.3) is 0 Å². The van der Waals surface area contributed by atoms with Crippen molar-refractivity contribution in [1.29, 1.82) is 0 Å². The molecule has 2 aromatic carbocycles. The Hall–Kier alpha value is -2.62. The van der Waals surface area contributed by atoms with Gasteiger partial charge in [-0.3, -0.25) is 0 Å². The van der Waals surface area contributed by atoms with Crippen LogP contribution in [-0.4, -0.2) is 18.5 Å². The van der Waals surface area contributed by atoms with Gasteiger partial charge in [-0.25, -0.2) is 9.59 Å². The number of aryl methyl sites for hydroxylation is 1. The van der Waals surface area contributed by atoms with Crippen LogP contribution in [0.4, 0.5) is 0 Å². The fourth-order valence-corrected chi connectivity index (χ4v) is 2.47. The van der Waals surface area contributed by atoms with Crippen molar-refractivity contribution in [1.82, 2.24) is 0 Å². The van der Waals surface area contributed by atoms with Crippen LogP contribution >= 0.6 is 0 Å². The summed E-state index contributed by atoms with van der Waals surface area (Å²) in [7, 11) is 0. The van der Waals surface area contributed by atoms with E-state index in [0.29, 0.717) is 24.2 Å². The third kappa shape index (κ3) is 5.18. The van der Waals surface area contributed by atoms with Gasteiger partial charge < -0.3 is 9.47 Å². The molecular formula is C21H24O4. The van der Waals surface area contributed by atoms with Crippen molar-refractivity contribution in [2.45, 2.75) is 39.2 Å². The molecule has 0 amide bonds. The molecule has 0 N–H and O–H groups in total. The highest BCUT2D eigenvalue weighted by molar-refractivity contribution is 5.93. The van der Waals surface area contributed by atoms with Gasteiger partial charge in [0.1, 0.15) is 0 Å². The topological polar surface area (TPSA) is 52.6 Å². The lowest BCUT2D eigenvalue weighted by molar-refractivity contribution is -0.154. The first-order chi connectivity index (χ1) is 12.2. The normalized spacial score (nSPS) is 11.6. The lowest BCUT2D eigenvalue weighted by atomic mass is 10.1. The molecule has 0 radical (unpaired) electrons. The van der Waals surface area contributed by atoms with E-state index in [4.69, 9.17) is 9.47 Å². The maximum Gasteiger partial charge on any atom is 0.352 e. The Morgan fingerprint density at radius 3 is 2.32 bits per heavy atom. The molecule has 1 atom stereocenters. The first-order valence-corrected chi connectivity index (χ1v) is 8.67. The molecule has 1 unspecified atom stereocenters. The molecule has 25 heavy (non-hydrogen) atoms. The largest absolute Gasteiger partial charge is 0.463 e. The van der Waals surface area contributed by atoms with E-state index in [-0.39, 0.29) is 0 Å². The second-order valence-electron chi connectivity index (χ2n) is 5.73. The van der Waals surface area contributed by atoms with E-state index in [9.17, 15) is 9.59 Å². The van der Waals surface area contributed by atoms with Crippen molar-refractivity contribution in [2.24, 2.45) is 0 Å². The van der Waals surface area contributed by atoms with Crippen LogP contribution in [0.2, 0.25) is 0 Å². The smallest absolute Gasteiger partial charge is 0.352 e. The predicted octanol–water partition coefficient (Wildman–Crippen LogP) is 4.49. The maximum absolute atomic E-state index is 12.6. The van der Waals surface area contributed by atoms with Crippen LogP contribution in [-0.2, 0) is 20.7 Å². The second-order valence-corrected chi connectivity index (χ2v) is 5.73. The first kappa shape index (κ1) is 18.7. The van der Waals surface area contributed by atoms with Crippen molar-refractivity contribution in [3.63, 3.8) is 0 Å². The fourth-order valence-electron chi connectivity index (χ4n) is 2.47. The molecule has 0 heterocycles. The number of unbranched alkanes of at least 4 members (excludes halogenated alkanes) is 1. The summed E-state index contributed by atoms with van der Waals surface area (Å²) < 4.78 is 10.8. The van der Waals surface area contributed by atoms with Gasteiger partial charge in [0, 0.05) is 5.56 Å². The van der Waals surface area contributed by atoms with Gasteiger partial charge in [0.25, 0.3) is 0 Å². The Balaban J connectivity index is 2.21. The number of benzene rings is 2. The third-order valence-electron chi connectivity index (χ3n) is 3.90. The SMILES string of the molecule is CCCCOC(=O)C(OC(=O)c1ccccc1CC)c1ccccc1. The molecule has 0 fully saturated rings. The molecule has 132 valence electrons. The van der Waals surface area contributed by atoms with Gasteiger partial charge in [-0.15, -0.1) is 0 Å². The highest BCUT2D eigenvalue weighted by Crippen LogP contribution is 2.22. The molecule has 0 aliphatic heterocycles. The Bertz CT molecular complexity index is 694. The third-order valence-corrected chi connectivity index (χ3v) is 3.90. The zero-order valence-corrected chi connectivity index (χ0v) is 14.7. The second kappa shape index (κ2) is 9.62. The Kier molecular flexibility index (Phi) is 7.20. The number of rotatable bonds is 8. The lowest BCUT2D eigenvalue weighted by Crippen LogP contribution is -2.23. The maximum atomic E-state index is 12.6. The number of carbonyl (C=O) groups is 2. The molecule has 0 bridgehead atoms. The van der Waals surface area contributed by atoms with E-state index in [1.165, 1.54) is 0 Å². The van der Waals surface area contributed by atoms with E-state index in [0.717, 1.165) is 18.4 Å². The molecule has 0 saturated carbocycles.